The summed E-state index contributed by atoms with van der Waals surface area (Å²) in [6, 6.07) is 0. The van der Waals surface area contributed by atoms with Crippen LogP contribution in [-0.4, -0.2) is 46.6 Å². The number of carbonyl (C=O) groups excluding carboxylic acids is 2. The van der Waals surface area contributed by atoms with Crippen LogP contribution in [0.5, 0.6) is 0 Å². The van der Waals surface area contributed by atoms with Crippen molar-refractivity contribution in [2.75, 3.05) is 13.2 Å². The zero-order valence-corrected chi connectivity index (χ0v) is 17.5. The molecule has 6 nitrogen and oxygen atoms in total. The number of unbranched alkanes of at least 4 members (excludes halogenated alkanes) is 12. The van der Waals surface area contributed by atoms with E-state index in [9.17, 15) is 9.59 Å². The van der Waals surface area contributed by atoms with Crippen LogP contribution in [0, 0.1) is 0 Å². The van der Waals surface area contributed by atoms with Gasteiger partial charge in [0.25, 0.3) is 0 Å². The lowest BCUT2D eigenvalue weighted by atomic mass is 10.0. The average molecular weight is 391 g/mol. The SMILES string of the molecule is CCCCCCCCCCCCCCCC(=O)OC(C)=O.OCC(O)CO. The van der Waals surface area contributed by atoms with Crippen molar-refractivity contribution in [1.29, 1.82) is 0 Å². The van der Waals surface area contributed by atoms with Crippen LogP contribution in [0.4, 0.5) is 0 Å². The van der Waals surface area contributed by atoms with Gasteiger partial charge in [-0.15, -0.1) is 0 Å². The highest BCUT2D eigenvalue weighted by molar-refractivity contribution is 5.83. The minimum Gasteiger partial charge on any atom is -0.394 e. The van der Waals surface area contributed by atoms with Gasteiger partial charge < -0.3 is 20.1 Å². The van der Waals surface area contributed by atoms with Crippen molar-refractivity contribution < 1.29 is 29.6 Å². The Balaban J connectivity index is 0. The number of hydrogen-bond donors (Lipinski definition) is 3. The fourth-order valence-electron chi connectivity index (χ4n) is 2.56. The first-order valence-corrected chi connectivity index (χ1v) is 10.6. The van der Waals surface area contributed by atoms with E-state index >= 15 is 0 Å². The van der Waals surface area contributed by atoms with E-state index in [1.807, 2.05) is 0 Å². The molecule has 0 heterocycles. The molecular weight excluding hydrogens is 348 g/mol. The molecule has 0 spiro atoms. The van der Waals surface area contributed by atoms with E-state index in [1.54, 1.807) is 0 Å². The van der Waals surface area contributed by atoms with Gasteiger partial charge in [-0.2, -0.15) is 0 Å². The van der Waals surface area contributed by atoms with Crippen molar-refractivity contribution in [3.8, 4) is 0 Å². The monoisotopic (exact) mass is 390 g/mol. The van der Waals surface area contributed by atoms with Gasteiger partial charge in [0.15, 0.2) is 0 Å². The van der Waals surface area contributed by atoms with Crippen LogP contribution in [-0.2, 0) is 14.3 Å². The van der Waals surface area contributed by atoms with Crippen molar-refractivity contribution >= 4 is 11.9 Å². The normalized spacial score (nSPS) is 10.4. The average Bonchev–Trinajstić information content (AvgIpc) is 2.64. The molecule has 0 bridgehead atoms. The van der Waals surface area contributed by atoms with E-state index in [2.05, 4.69) is 11.7 Å². The molecule has 27 heavy (non-hydrogen) atoms. The van der Waals surface area contributed by atoms with Gasteiger partial charge in [-0.05, 0) is 6.42 Å². The zero-order chi connectivity index (χ0) is 20.8. The molecule has 6 heteroatoms. The molecule has 0 radical (unpaired) electrons. The number of rotatable bonds is 16. The van der Waals surface area contributed by atoms with E-state index in [0.29, 0.717) is 6.42 Å². The number of hydrogen-bond acceptors (Lipinski definition) is 6. The highest BCUT2D eigenvalue weighted by Crippen LogP contribution is 2.13. The quantitative estimate of drug-likeness (QED) is 0.210. The van der Waals surface area contributed by atoms with E-state index in [0.717, 1.165) is 12.8 Å². The van der Waals surface area contributed by atoms with Gasteiger partial charge >= 0.3 is 11.9 Å². The first-order chi connectivity index (χ1) is 13.0. The molecule has 0 aliphatic heterocycles. The molecule has 0 aromatic heterocycles. The second-order valence-corrected chi connectivity index (χ2v) is 6.98. The predicted octanol–water partition coefficient (Wildman–Crippen LogP) is 3.89. The van der Waals surface area contributed by atoms with Crippen LogP contribution in [0.1, 0.15) is 104 Å². The topological polar surface area (TPSA) is 104 Å². The molecule has 0 aliphatic carbocycles. The molecule has 0 fully saturated rings. The van der Waals surface area contributed by atoms with E-state index in [4.69, 9.17) is 15.3 Å². The summed E-state index contributed by atoms with van der Waals surface area (Å²) in [5, 5.41) is 24.0. The van der Waals surface area contributed by atoms with Crippen molar-refractivity contribution in [3.05, 3.63) is 0 Å². The number of carbonyl (C=O) groups is 2. The molecule has 0 aliphatic rings. The van der Waals surface area contributed by atoms with Gasteiger partial charge in [0.2, 0.25) is 0 Å². The lowest BCUT2D eigenvalue weighted by Gasteiger charge is -2.03. The molecule has 0 unspecified atom stereocenters. The smallest absolute Gasteiger partial charge is 0.313 e. The third-order valence-corrected chi connectivity index (χ3v) is 4.16. The second-order valence-electron chi connectivity index (χ2n) is 6.98. The summed E-state index contributed by atoms with van der Waals surface area (Å²) in [5.41, 5.74) is 0. The van der Waals surface area contributed by atoms with Crippen LogP contribution in [0.15, 0.2) is 0 Å². The third kappa shape index (κ3) is 27.3. The number of aliphatic hydroxyl groups excluding tert-OH is 3. The Morgan fingerprint density at radius 2 is 1.11 bits per heavy atom. The molecule has 162 valence electrons. The summed E-state index contributed by atoms with van der Waals surface area (Å²) in [6.07, 6.45) is 16.1. The van der Waals surface area contributed by atoms with Crippen LogP contribution in [0.3, 0.4) is 0 Å². The van der Waals surface area contributed by atoms with Gasteiger partial charge in [-0.3, -0.25) is 9.59 Å². The maximum Gasteiger partial charge on any atom is 0.313 e. The maximum atomic E-state index is 11.1. The van der Waals surface area contributed by atoms with Gasteiger partial charge in [-0.25, -0.2) is 0 Å². The van der Waals surface area contributed by atoms with E-state index in [1.165, 1.54) is 77.6 Å². The summed E-state index contributed by atoms with van der Waals surface area (Å²) in [5.74, 6) is -0.889. The molecule has 0 saturated heterocycles. The zero-order valence-electron chi connectivity index (χ0n) is 17.5. The highest BCUT2D eigenvalue weighted by atomic mass is 16.6. The van der Waals surface area contributed by atoms with Gasteiger partial charge in [0, 0.05) is 13.3 Å². The second kappa shape index (κ2) is 23.1. The first kappa shape index (κ1) is 28.2. The third-order valence-electron chi connectivity index (χ3n) is 4.16. The standard InChI is InChI=1S/C18H34O3.C3H8O3/c1-3-4-5-6-7-8-9-10-11-12-13-14-15-16-18(20)21-17(2)19;4-1-3(6)2-5/h3-16H2,1-2H3;3-6H,1-2H2. The summed E-state index contributed by atoms with van der Waals surface area (Å²) in [4.78, 5) is 21.7. The van der Waals surface area contributed by atoms with Crippen LogP contribution >= 0.6 is 0 Å². The fourth-order valence-corrected chi connectivity index (χ4v) is 2.56. The van der Waals surface area contributed by atoms with Crippen LogP contribution in [0.25, 0.3) is 0 Å². The Labute approximate surface area is 165 Å². The lowest BCUT2D eigenvalue weighted by Crippen LogP contribution is -2.15. The van der Waals surface area contributed by atoms with Crippen molar-refractivity contribution in [1.82, 2.24) is 0 Å². The largest absolute Gasteiger partial charge is 0.394 e. The van der Waals surface area contributed by atoms with Crippen LogP contribution in [0.2, 0.25) is 0 Å². The Morgan fingerprint density at radius 1 is 0.741 bits per heavy atom. The Bertz CT molecular complexity index is 329. The Kier molecular flexibility index (Phi) is 24.1. The Hall–Kier alpha value is -0.980. The molecule has 0 aromatic carbocycles. The number of esters is 2. The maximum absolute atomic E-state index is 11.1. The van der Waals surface area contributed by atoms with Crippen molar-refractivity contribution in [2.45, 2.75) is 110 Å². The van der Waals surface area contributed by atoms with E-state index < -0.39 is 12.1 Å². The number of ether oxygens (including phenoxy) is 1. The minimum absolute atomic E-state index is 0.365. The van der Waals surface area contributed by atoms with Crippen LogP contribution < -0.4 is 0 Å². The molecular formula is C21H42O6. The summed E-state index contributed by atoms with van der Waals surface area (Å²) in [7, 11) is 0. The molecule has 0 aromatic rings. The van der Waals surface area contributed by atoms with Gasteiger partial charge in [0.05, 0.1) is 13.2 Å². The number of aliphatic hydroxyl groups is 3. The first-order valence-electron chi connectivity index (χ1n) is 10.6. The van der Waals surface area contributed by atoms with E-state index in [-0.39, 0.29) is 19.2 Å². The Morgan fingerprint density at radius 3 is 1.41 bits per heavy atom. The molecule has 0 amide bonds. The predicted molar refractivity (Wildman–Crippen MR) is 107 cm³/mol. The van der Waals surface area contributed by atoms with Gasteiger partial charge in [0.1, 0.15) is 6.10 Å². The molecule has 3 N–H and O–H groups in total. The summed E-state index contributed by atoms with van der Waals surface area (Å²) in [6.45, 7) is 2.79. The highest BCUT2D eigenvalue weighted by Gasteiger charge is 2.04. The minimum atomic E-state index is -0.954. The van der Waals surface area contributed by atoms with Gasteiger partial charge in [-0.1, -0.05) is 84.0 Å². The summed E-state index contributed by atoms with van der Waals surface area (Å²) < 4.78 is 4.48. The molecule has 0 rings (SSSR count). The van der Waals surface area contributed by atoms with Crippen molar-refractivity contribution in [2.24, 2.45) is 0 Å². The van der Waals surface area contributed by atoms with Crippen molar-refractivity contribution in [3.63, 3.8) is 0 Å². The lowest BCUT2D eigenvalue weighted by molar-refractivity contribution is -0.158. The molecule has 0 atom stereocenters. The fraction of sp³-hybridized carbons (Fsp3) is 0.905. The molecule has 0 saturated carbocycles. The summed E-state index contributed by atoms with van der Waals surface area (Å²) >= 11 is 0.